The molecule has 0 aliphatic carbocycles. The molecule has 2 rings (SSSR count). The Morgan fingerprint density at radius 1 is 1.00 bits per heavy atom. The number of aliphatic carboxylic acids is 1. The lowest BCUT2D eigenvalue weighted by atomic mass is 9.98. The van der Waals surface area contributed by atoms with Crippen LogP contribution in [0.3, 0.4) is 0 Å². The molecule has 0 saturated carbocycles. The van der Waals surface area contributed by atoms with Crippen LogP contribution in [0, 0.1) is 5.92 Å². The lowest BCUT2D eigenvalue weighted by Gasteiger charge is -2.27. The summed E-state index contributed by atoms with van der Waals surface area (Å²) in [4.78, 5) is 47.1. The van der Waals surface area contributed by atoms with Crippen LogP contribution in [0.5, 0.6) is 5.75 Å². The first kappa shape index (κ1) is 33.5. The van der Waals surface area contributed by atoms with E-state index in [1.54, 1.807) is 56.3 Å². The number of carbonyl (C=O) groups is 3. The first-order valence-corrected chi connectivity index (χ1v) is 14.9. The van der Waals surface area contributed by atoms with E-state index in [2.05, 4.69) is 15.7 Å². The van der Waals surface area contributed by atoms with Gasteiger partial charge in [0.2, 0.25) is 11.8 Å². The van der Waals surface area contributed by atoms with Crippen LogP contribution in [0.4, 0.5) is 0 Å². The van der Waals surface area contributed by atoms with Gasteiger partial charge in [-0.15, -0.1) is 0 Å². The Hall–Kier alpha value is -2.66. The van der Waals surface area contributed by atoms with Gasteiger partial charge in [0.1, 0.15) is 24.9 Å². The number of carboxylic acid groups (broad SMARTS) is 1. The van der Waals surface area contributed by atoms with Gasteiger partial charge in [-0.25, -0.2) is 9.65 Å². The fraction of sp³-hybridized carbons (Fsp3) is 0.423. The number of hydrogen-bond acceptors (Lipinski definition) is 6. The summed E-state index contributed by atoms with van der Waals surface area (Å²) in [6.07, 6.45) is 0.493. The number of halogens is 2. The quantitative estimate of drug-likeness (QED) is 0.175. The van der Waals surface area contributed by atoms with E-state index < -0.39 is 50.1 Å². The lowest BCUT2D eigenvalue weighted by Crippen LogP contribution is -2.55. The van der Waals surface area contributed by atoms with Crippen molar-refractivity contribution in [3.05, 3.63) is 63.6 Å². The van der Waals surface area contributed by atoms with Crippen molar-refractivity contribution in [1.29, 1.82) is 0 Å². The summed E-state index contributed by atoms with van der Waals surface area (Å²) in [7, 11) is -4.29. The van der Waals surface area contributed by atoms with E-state index in [0.717, 1.165) is 5.56 Å². The van der Waals surface area contributed by atoms with Gasteiger partial charge in [-0.05, 0) is 54.3 Å². The summed E-state index contributed by atoms with van der Waals surface area (Å²) >= 11 is 12.0. The van der Waals surface area contributed by atoms with Crippen molar-refractivity contribution in [2.45, 2.75) is 52.3 Å². The van der Waals surface area contributed by atoms with Crippen molar-refractivity contribution in [3.63, 3.8) is 0 Å². The average Bonchev–Trinajstić information content (AvgIpc) is 2.88. The molecular weight excluding hydrogens is 584 g/mol. The number of benzene rings is 2. The number of amides is 2. The normalized spacial score (nSPS) is 14.8. The predicted molar refractivity (Wildman–Crippen MR) is 151 cm³/mol. The third-order valence-corrected chi connectivity index (χ3v) is 7.49. The monoisotopic (exact) mass is 617 g/mol. The van der Waals surface area contributed by atoms with E-state index in [0.29, 0.717) is 27.8 Å². The van der Waals surface area contributed by atoms with E-state index in [1.165, 1.54) is 6.92 Å². The van der Waals surface area contributed by atoms with Crippen LogP contribution < -0.4 is 20.5 Å². The van der Waals surface area contributed by atoms with Crippen LogP contribution in [0.1, 0.15) is 38.3 Å². The third kappa shape index (κ3) is 11.4. The summed E-state index contributed by atoms with van der Waals surface area (Å²) in [5.74, 6) is -2.55. The van der Waals surface area contributed by atoms with Gasteiger partial charge in [0.15, 0.2) is 0 Å². The van der Waals surface area contributed by atoms with E-state index in [9.17, 15) is 23.8 Å². The molecule has 2 aromatic carbocycles. The van der Waals surface area contributed by atoms with E-state index in [-0.39, 0.29) is 19.6 Å². The maximum Gasteiger partial charge on any atom is 0.403 e. The van der Waals surface area contributed by atoms with Crippen LogP contribution in [0.25, 0.3) is 0 Å². The molecular formula is C26H34Cl2N3O8P. The molecule has 4 atom stereocenters. The molecule has 0 aromatic heterocycles. The average molecular weight is 618 g/mol. The first-order chi connectivity index (χ1) is 18.8. The molecule has 14 heteroatoms. The second-order valence-electron chi connectivity index (χ2n) is 9.02. The molecule has 0 fully saturated rings. The Kier molecular flexibility index (Phi) is 13.4. The Morgan fingerprint density at radius 2 is 1.62 bits per heavy atom. The summed E-state index contributed by atoms with van der Waals surface area (Å²) in [6, 6.07) is 9.52. The molecule has 2 aromatic rings. The standard InChI is InChI=1S/C26H34Cl2N3O8P/c1-4-16(3)24(31-40(36,37)39-5-2)26(35)30-22(25(34)29-14-23(32)33)12-17-6-8-21(9-7-17)38-15-18-10-19(27)13-20(28)11-18/h6-11,13,16,22,24H,4-5,12,14-15H2,1-3H3,(H,29,34)(H,30,35)(H,32,33)(H2,31,36,37)/t16-,22?,24-/m0/s1. The smallest absolute Gasteiger partial charge is 0.403 e. The molecule has 0 saturated heterocycles. The molecule has 2 amide bonds. The highest BCUT2D eigenvalue weighted by molar-refractivity contribution is 7.50. The highest BCUT2D eigenvalue weighted by Gasteiger charge is 2.34. The molecule has 0 heterocycles. The van der Waals surface area contributed by atoms with E-state index in [4.69, 9.17) is 37.6 Å². The molecule has 220 valence electrons. The van der Waals surface area contributed by atoms with E-state index in [1.807, 2.05) is 0 Å². The zero-order chi connectivity index (χ0) is 29.9. The maximum absolute atomic E-state index is 13.2. The zero-order valence-corrected chi connectivity index (χ0v) is 24.8. The predicted octanol–water partition coefficient (Wildman–Crippen LogP) is 3.94. The van der Waals surface area contributed by atoms with Crippen LogP contribution in [-0.2, 0) is 36.5 Å². The third-order valence-electron chi connectivity index (χ3n) is 5.84. The Morgan fingerprint density at radius 3 is 2.17 bits per heavy atom. The van der Waals surface area contributed by atoms with Crippen LogP contribution >= 0.6 is 30.9 Å². The largest absolute Gasteiger partial charge is 0.489 e. The molecule has 5 N–H and O–H groups in total. The molecule has 0 spiro atoms. The van der Waals surface area contributed by atoms with Gasteiger partial charge in [-0.2, -0.15) is 0 Å². The van der Waals surface area contributed by atoms with Gasteiger partial charge in [-0.3, -0.25) is 18.9 Å². The Labute approximate surface area is 243 Å². The van der Waals surface area contributed by atoms with Crippen LogP contribution in [0.2, 0.25) is 10.0 Å². The number of nitrogens with one attached hydrogen (secondary N) is 3. The van der Waals surface area contributed by atoms with Gasteiger partial charge < -0.3 is 25.4 Å². The minimum Gasteiger partial charge on any atom is -0.489 e. The molecule has 0 bridgehead atoms. The maximum atomic E-state index is 13.2. The van der Waals surface area contributed by atoms with Crippen molar-refractivity contribution in [1.82, 2.24) is 15.7 Å². The molecule has 2 unspecified atom stereocenters. The summed E-state index contributed by atoms with van der Waals surface area (Å²) in [5, 5.41) is 17.2. The van der Waals surface area contributed by atoms with Crippen LogP contribution in [0.15, 0.2) is 42.5 Å². The number of hydrogen-bond donors (Lipinski definition) is 5. The van der Waals surface area contributed by atoms with Crippen molar-refractivity contribution >= 4 is 48.7 Å². The molecule has 11 nitrogen and oxygen atoms in total. The van der Waals surface area contributed by atoms with Crippen molar-refractivity contribution < 1.29 is 38.2 Å². The highest BCUT2D eigenvalue weighted by Crippen LogP contribution is 2.38. The van der Waals surface area contributed by atoms with Crippen molar-refractivity contribution in [3.8, 4) is 5.75 Å². The minimum atomic E-state index is -4.29. The van der Waals surface area contributed by atoms with Crippen LogP contribution in [-0.4, -0.2) is 53.0 Å². The second-order valence-corrected chi connectivity index (χ2v) is 11.4. The summed E-state index contributed by atoms with van der Waals surface area (Å²) < 4.78 is 22.9. The van der Waals surface area contributed by atoms with Gasteiger partial charge in [0.25, 0.3) is 0 Å². The second kappa shape index (κ2) is 16.0. The molecule has 40 heavy (non-hydrogen) atoms. The van der Waals surface area contributed by atoms with Crippen molar-refractivity contribution in [2.75, 3.05) is 13.2 Å². The lowest BCUT2D eigenvalue weighted by molar-refractivity contribution is -0.138. The topological polar surface area (TPSA) is 163 Å². The number of rotatable bonds is 16. The Balaban J connectivity index is 2.17. The number of carbonyl (C=O) groups excluding carboxylic acids is 2. The van der Waals surface area contributed by atoms with Gasteiger partial charge in [0.05, 0.1) is 12.6 Å². The number of ether oxygens (including phenoxy) is 1. The van der Waals surface area contributed by atoms with Gasteiger partial charge in [0, 0.05) is 16.5 Å². The SMILES string of the molecule is CCOP(=O)(O)N[C@H](C(=O)NC(Cc1ccc(OCc2cc(Cl)cc(Cl)c2)cc1)C(=O)NCC(=O)O)[C@@H](C)CC. The summed E-state index contributed by atoms with van der Waals surface area (Å²) in [6.45, 7) is 4.57. The van der Waals surface area contributed by atoms with Gasteiger partial charge >= 0.3 is 13.7 Å². The number of carboxylic acids is 1. The Bertz CT molecular complexity index is 1190. The summed E-state index contributed by atoms with van der Waals surface area (Å²) in [5.41, 5.74) is 1.42. The molecule has 0 aliphatic heterocycles. The van der Waals surface area contributed by atoms with Gasteiger partial charge in [-0.1, -0.05) is 55.6 Å². The first-order valence-electron chi connectivity index (χ1n) is 12.5. The molecule has 0 aliphatic rings. The van der Waals surface area contributed by atoms with E-state index >= 15 is 0 Å². The fourth-order valence-corrected chi connectivity index (χ4v) is 5.36. The zero-order valence-electron chi connectivity index (χ0n) is 22.4. The fourth-order valence-electron chi connectivity index (χ4n) is 3.64. The highest BCUT2D eigenvalue weighted by atomic mass is 35.5. The minimum absolute atomic E-state index is 0.0108. The van der Waals surface area contributed by atoms with Crippen molar-refractivity contribution in [2.24, 2.45) is 5.92 Å². The molecule has 0 radical (unpaired) electrons.